The summed E-state index contributed by atoms with van der Waals surface area (Å²) in [4.78, 5) is 94.9. The van der Waals surface area contributed by atoms with Crippen LogP contribution in [0.25, 0.3) is 0 Å². The number of carbonyl (C=O) groups excluding carboxylic acids is 10. The zero-order valence-corrected chi connectivity index (χ0v) is 30.1. The van der Waals surface area contributed by atoms with E-state index in [0.29, 0.717) is 0 Å². The zero-order valence-electron chi connectivity index (χ0n) is 23.4. The molecule has 0 atom stereocenters. The molecule has 0 aromatic rings. The van der Waals surface area contributed by atoms with E-state index in [0.717, 1.165) is 0 Å². The first-order valence-electron chi connectivity index (χ1n) is 9.34. The van der Waals surface area contributed by atoms with Gasteiger partial charge in [-0.1, -0.05) is 0 Å². The van der Waals surface area contributed by atoms with Crippen molar-refractivity contribution in [3.05, 3.63) is 59.2 Å². The average molecular weight is 784 g/mol. The first-order chi connectivity index (χ1) is 20.2. The molecule has 0 bridgehead atoms. The molecule has 0 aliphatic carbocycles. The van der Waals surface area contributed by atoms with Crippen LogP contribution in [0.5, 0.6) is 0 Å². The van der Waals surface area contributed by atoms with Gasteiger partial charge in [0.1, 0.15) is 58.6 Å². The van der Waals surface area contributed by atoms with Crippen LogP contribution in [0.2, 0.25) is 0 Å². The number of rotatable bonds is 10. The molecule has 0 unspecified atom stereocenters. The average Bonchev–Trinajstić information content (AvgIpc) is 2.83. The minimum Gasteiger partial charge on any atom is -0.545 e. The Hall–Kier alpha value is -4.02. The van der Waals surface area contributed by atoms with Crippen molar-refractivity contribution in [2.24, 2.45) is 0 Å². The number of carbonyl (C=O) groups is 10. The van der Waals surface area contributed by atoms with Crippen LogP contribution in [0.4, 0.5) is 0 Å². The third-order valence-electron chi connectivity index (χ3n) is 2.32. The Bertz CT molecular complexity index is 1100. The summed E-state index contributed by atoms with van der Waals surface area (Å²) in [6.45, 7) is 0. The van der Waals surface area contributed by atoms with Gasteiger partial charge in [-0.3, -0.25) is 0 Å². The second-order valence-corrected chi connectivity index (χ2v) is 5.68. The van der Waals surface area contributed by atoms with Gasteiger partial charge in [-0.2, -0.15) is 0 Å². The molecule has 0 aromatic heterocycles. The summed E-state index contributed by atoms with van der Waals surface area (Å²) in [5, 5.41) is 135. The van der Waals surface area contributed by atoms with Crippen molar-refractivity contribution in [2.75, 3.05) is 0 Å². The predicted octanol–water partition coefficient (Wildman–Crippen LogP) is -16.9. The van der Waals surface area contributed by atoms with Crippen molar-refractivity contribution in [3.8, 4) is 0 Å². The molecule has 0 rings (SSSR count). The topological polar surface area (TPSA) is 502 Å². The van der Waals surface area contributed by atoms with Crippen molar-refractivity contribution in [1.29, 1.82) is 0 Å². The standard InChI is InChI=1S/5C4H4O5.2Al.2Ca/c5*5-2(4(8)9)1-3(6)7;;;;/h5*1,5H,(H,6,7)(H,8,9);;;;/q;;;;;2*+3;2*+2/p-10/b5*2-1-;;;;. The zero-order chi connectivity index (χ0) is 37.2. The van der Waals surface area contributed by atoms with E-state index in [1.807, 2.05) is 0 Å². The van der Waals surface area contributed by atoms with Gasteiger partial charge in [-0.15, -0.1) is 0 Å². The number of hydrogen-bond acceptors (Lipinski definition) is 25. The molecule has 0 amide bonds. The van der Waals surface area contributed by atoms with Gasteiger partial charge in [0.2, 0.25) is 0 Å². The fraction of sp³-hybridized carbons (Fsp3) is 0. The Morgan fingerprint density at radius 3 is 0.388 bits per heavy atom. The number of carboxylic acid groups (broad SMARTS) is 10. The van der Waals surface area contributed by atoms with E-state index < -0.39 is 88.5 Å². The molecule has 0 aliphatic rings. The van der Waals surface area contributed by atoms with Gasteiger partial charge < -0.3 is 125 Å². The summed E-state index contributed by atoms with van der Waals surface area (Å²) in [6, 6.07) is 0. The Kier molecular flexibility index (Phi) is 52.7. The third-order valence-corrected chi connectivity index (χ3v) is 2.32. The maximum Gasteiger partial charge on any atom is 3.00 e. The van der Waals surface area contributed by atoms with E-state index in [1.165, 1.54) is 0 Å². The maximum absolute atomic E-state index is 9.51. The van der Waals surface area contributed by atoms with E-state index >= 15 is 0 Å². The molecule has 29 heteroatoms. The number of carboxylic acids is 10. The molecule has 0 aromatic carbocycles. The van der Waals surface area contributed by atoms with Crippen LogP contribution in [0, 0.1) is 0 Å². The Balaban J connectivity index is -0.0000000571. The van der Waals surface area contributed by atoms with Crippen LogP contribution in [0.15, 0.2) is 59.2 Å². The summed E-state index contributed by atoms with van der Waals surface area (Å²) in [6.07, 6.45) is 0.116. The van der Waals surface area contributed by atoms with Gasteiger partial charge in [0.25, 0.3) is 0 Å². The largest absolute Gasteiger partial charge is 3.00 e. The summed E-state index contributed by atoms with van der Waals surface area (Å²) in [7, 11) is 0. The van der Waals surface area contributed by atoms with Gasteiger partial charge in [0, 0.05) is 30.4 Å². The van der Waals surface area contributed by atoms with Crippen LogP contribution in [-0.2, 0) is 47.9 Å². The van der Waals surface area contributed by atoms with Crippen LogP contribution < -0.4 is 51.1 Å². The molecule has 0 saturated heterocycles. The van der Waals surface area contributed by atoms with E-state index in [1.54, 1.807) is 0 Å². The first-order valence-corrected chi connectivity index (χ1v) is 9.34. The number of aliphatic hydroxyl groups excluding tert-OH is 5. The van der Waals surface area contributed by atoms with E-state index in [4.69, 9.17) is 25.5 Å². The minimum atomic E-state index is -1.95. The maximum atomic E-state index is 9.51. The molecule has 49 heavy (non-hydrogen) atoms. The monoisotopic (exact) mass is 784 g/mol. The van der Waals surface area contributed by atoms with E-state index in [-0.39, 0.29) is 141 Å². The van der Waals surface area contributed by atoms with E-state index in [9.17, 15) is 99.0 Å². The summed E-state index contributed by atoms with van der Waals surface area (Å²) in [5.41, 5.74) is 0. The van der Waals surface area contributed by atoms with Gasteiger partial charge in [-0.05, 0) is 0 Å². The van der Waals surface area contributed by atoms with Crippen molar-refractivity contribution in [3.63, 3.8) is 0 Å². The van der Waals surface area contributed by atoms with E-state index in [2.05, 4.69) is 0 Å². The van der Waals surface area contributed by atoms with Crippen molar-refractivity contribution >= 4 is 170 Å². The number of aliphatic carboxylic acids is 10. The molecule has 25 nitrogen and oxygen atoms in total. The molecule has 0 aliphatic heterocycles. The number of hydrogen-bond donors (Lipinski definition) is 5. The van der Waals surface area contributed by atoms with Crippen LogP contribution >= 0.6 is 0 Å². The quantitative estimate of drug-likeness (QED) is 0.0780. The van der Waals surface area contributed by atoms with Crippen molar-refractivity contribution in [2.45, 2.75) is 0 Å². The van der Waals surface area contributed by atoms with Crippen LogP contribution in [0.1, 0.15) is 0 Å². The first kappa shape index (κ1) is 67.2. The van der Waals surface area contributed by atoms with Crippen LogP contribution in [0.3, 0.4) is 0 Å². The Morgan fingerprint density at radius 1 is 0.286 bits per heavy atom. The summed E-state index contributed by atoms with van der Waals surface area (Å²) >= 11 is 0. The number of aliphatic hydroxyl groups is 5. The smallest absolute Gasteiger partial charge is 0.545 e. The van der Waals surface area contributed by atoms with Crippen LogP contribution in [-0.4, -0.2) is 195 Å². The molecule has 0 spiro atoms. The molecule has 250 valence electrons. The van der Waals surface area contributed by atoms with Gasteiger partial charge >= 0.3 is 110 Å². The fourth-order valence-electron chi connectivity index (χ4n) is 0.853. The molecule has 0 radical (unpaired) electrons. The molecule has 0 fully saturated rings. The predicted molar refractivity (Wildman–Crippen MR) is 127 cm³/mol. The van der Waals surface area contributed by atoms with Gasteiger partial charge in [-0.25, -0.2) is 0 Å². The Labute approximate surface area is 350 Å². The molecular formula is C20H10Al2Ca2O25. The molecule has 0 saturated carbocycles. The third kappa shape index (κ3) is 59.9. The minimum absolute atomic E-state index is 0. The van der Waals surface area contributed by atoms with Crippen molar-refractivity contribution < 1.29 is 125 Å². The molecule has 0 heterocycles. The van der Waals surface area contributed by atoms with Gasteiger partial charge in [0.15, 0.2) is 0 Å². The normalized spacial score (nSPS) is 10.0. The summed E-state index contributed by atoms with van der Waals surface area (Å²) < 4.78 is 0. The van der Waals surface area contributed by atoms with Crippen molar-refractivity contribution in [1.82, 2.24) is 0 Å². The fourth-order valence-corrected chi connectivity index (χ4v) is 0.853. The SMILES string of the molecule is O=C([O-])/C=C(\O)C(=O)[O-].O=C([O-])/C=C(\O)C(=O)[O-].O=C([O-])/C=C(\O)C(=O)[O-].O=C([O-])/C=C(\O)C(=O)[O-].O=C([O-])/C=C(\O)C(=O)[O-].[Al+3].[Al+3].[Ca+2].[Ca+2]. The van der Waals surface area contributed by atoms with Gasteiger partial charge in [0.05, 0.1) is 29.8 Å². The second kappa shape index (κ2) is 38.4. The Morgan fingerprint density at radius 2 is 0.367 bits per heavy atom. The molecule has 5 N–H and O–H groups in total. The molecular weight excluding hydrogens is 774 g/mol. The summed E-state index contributed by atoms with van der Waals surface area (Å²) in [5.74, 6) is -25.4. The second-order valence-electron chi connectivity index (χ2n) is 5.68.